The minimum atomic E-state index is -4.36. The molecule has 1 rings (SSSR count). The van der Waals surface area contributed by atoms with Crippen molar-refractivity contribution in [1.82, 2.24) is 8.96 Å². The lowest BCUT2D eigenvalue weighted by molar-refractivity contribution is 0.452. The van der Waals surface area contributed by atoms with E-state index < -0.39 is 10.3 Å². The molecule has 0 amide bonds. The van der Waals surface area contributed by atoms with Crippen LogP contribution in [0.4, 0.5) is 0 Å². The molecule has 0 radical (unpaired) electrons. The van der Waals surface area contributed by atoms with Gasteiger partial charge in [-0.2, -0.15) is 0 Å². The van der Waals surface area contributed by atoms with Crippen LogP contribution in [-0.2, 0) is 10.3 Å². The molecule has 0 atom stereocenters. The monoisotopic (exact) mass is 147 g/mol. The van der Waals surface area contributed by atoms with Crippen LogP contribution in [0.25, 0.3) is 0 Å². The zero-order valence-electron chi connectivity index (χ0n) is 4.26. The van der Waals surface area contributed by atoms with Crippen LogP contribution in [0.1, 0.15) is 0 Å². The smallest absolute Gasteiger partial charge is 0.189 e. The SMILES string of the molecule is O=S(=O)([O-])n1ccnc1. The second-order valence-corrected chi connectivity index (χ2v) is 2.63. The number of rotatable bonds is 1. The van der Waals surface area contributed by atoms with Gasteiger partial charge in [-0.05, 0) is 0 Å². The highest BCUT2D eigenvalue weighted by Gasteiger charge is 1.92. The Labute approximate surface area is 51.8 Å². The molecule has 1 aromatic rings. The molecule has 9 heavy (non-hydrogen) atoms. The van der Waals surface area contributed by atoms with E-state index in [1.165, 1.54) is 6.20 Å². The Morgan fingerprint density at radius 2 is 2.22 bits per heavy atom. The van der Waals surface area contributed by atoms with Gasteiger partial charge in [0.25, 0.3) is 0 Å². The van der Waals surface area contributed by atoms with E-state index in [4.69, 9.17) is 0 Å². The van der Waals surface area contributed by atoms with Crippen LogP contribution in [0.2, 0.25) is 0 Å². The third-order valence-electron chi connectivity index (χ3n) is 0.738. The van der Waals surface area contributed by atoms with Gasteiger partial charge in [-0.1, -0.05) is 0 Å². The lowest BCUT2D eigenvalue weighted by Crippen LogP contribution is -2.07. The molecule has 6 heteroatoms. The summed E-state index contributed by atoms with van der Waals surface area (Å²) in [5.41, 5.74) is 0. The first-order chi connectivity index (χ1) is 4.11. The quantitative estimate of drug-likeness (QED) is 0.487. The average Bonchev–Trinajstić information content (AvgIpc) is 2.08. The van der Waals surface area contributed by atoms with Crippen LogP contribution in [-0.4, -0.2) is 21.9 Å². The van der Waals surface area contributed by atoms with Crippen LogP contribution in [0.5, 0.6) is 0 Å². The lowest BCUT2D eigenvalue weighted by atomic mass is 11.0. The highest BCUT2D eigenvalue weighted by Crippen LogP contribution is 1.88. The van der Waals surface area contributed by atoms with E-state index in [0.717, 1.165) is 12.5 Å². The maximum absolute atomic E-state index is 10.1. The summed E-state index contributed by atoms with van der Waals surface area (Å²) in [6.45, 7) is 0. The molecule has 0 N–H and O–H groups in total. The Morgan fingerprint density at radius 3 is 2.44 bits per heavy atom. The fourth-order valence-corrected chi connectivity index (χ4v) is 0.753. The first kappa shape index (κ1) is 6.24. The standard InChI is InChI=1S/C3H4N2O3S/c6-9(7,8)5-2-1-4-3-5/h1-3H,(H,6,7,8)/p-1. The molecule has 0 unspecified atom stereocenters. The third kappa shape index (κ3) is 1.27. The van der Waals surface area contributed by atoms with Crippen molar-refractivity contribution in [1.29, 1.82) is 0 Å². The molecule has 1 aromatic heterocycles. The van der Waals surface area contributed by atoms with Crippen molar-refractivity contribution in [3.63, 3.8) is 0 Å². The molecule has 0 saturated carbocycles. The minimum Gasteiger partial charge on any atom is -0.731 e. The van der Waals surface area contributed by atoms with E-state index in [-0.39, 0.29) is 0 Å². The Bertz CT molecular complexity index is 274. The fraction of sp³-hybridized carbons (Fsp3) is 0. The van der Waals surface area contributed by atoms with Gasteiger partial charge in [0.05, 0.1) is 0 Å². The Morgan fingerprint density at radius 1 is 1.56 bits per heavy atom. The molecule has 0 aromatic carbocycles. The van der Waals surface area contributed by atoms with Crippen molar-refractivity contribution < 1.29 is 13.0 Å². The van der Waals surface area contributed by atoms with Crippen molar-refractivity contribution in [2.24, 2.45) is 0 Å². The maximum Gasteiger partial charge on any atom is 0.189 e. The van der Waals surface area contributed by atoms with Crippen molar-refractivity contribution in [2.75, 3.05) is 0 Å². The summed E-state index contributed by atoms with van der Waals surface area (Å²) in [6.07, 6.45) is 3.22. The van der Waals surface area contributed by atoms with E-state index in [0.29, 0.717) is 3.97 Å². The number of imidazole rings is 1. The fourth-order valence-electron chi connectivity index (χ4n) is 0.379. The summed E-state index contributed by atoms with van der Waals surface area (Å²) >= 11 is 0. The largest absolute Gasteiger partial charge is 0.731 e. The van der Waals surface area contributed by atoms with Gasteiger partial charge >= 0.3 is 0 Å². The van der Waals surface area contributed by atoms with Crippen molar-refractivity contribution in [3.8, 4) is 0 Å². The number of hydrogen-bond acceptors (Lipinski definition) is 4. The van der Waals surface area contributed by atoms with Gasteiger partial charge < -0.3 is 4.55 Å². The maximum atomic E-state index is 10.1. The van der Waals surface area contributed by atoms with Gasteiger partial charge in [-0.3, -0.25) is 0 Å². The zero-order valence-corrected chi connectivity index (χ0v) is 5.08. The molecular weight excluding hydrogens is 144 g/mol. The number of aromatic nitrogens is 2. The van der Waals surface area contributed by atoms with Crippen LogP contribution >= 0.6 is 0 Å². The van der Waals surface area contributed by atoms with Crippen molar-refractivity contribution in [3.05, 3.63) is 18.7 Å². The van der Waals surface area contributed by atoms with Crippen LogP contribution < -0.4 is 0 Å². The van der Waals surface area contributed by atoms with Gasteiger partial charge in [0.1, 0.15) is 6.33 Å². The molecule has 0 spiro atoms. The summed E-state index contributed by atoms with van der Waals surface area (Å²) in [6, 6.07) is 0. The Hall–Kier alpha value is -0.880. The van der Waals surface area contributed by atoms with Gasteiger partial charge in [0.2, 0.25) is 0 Å². The van der Waals surface area contributed by atoms with Gasteiger partial charge in [-0.25, -0.2) is 17.4 Å². The van der Waals surface area contributed by atoms with Gasteiger partial charge in [-0.15, -0.1) is 0 Å². The molecule has 1 heterocycles. The summed E-state index contributed by atoms with van der Waals surface area (Å²) in [5.74, 6) is 0. The highest BCUT2D eigenvalue weighted by molar-refractivity contribution is 7.84. The second-order valence-electron chi connectivity index (χ2n) is 1.35. The molecular formula is C3H3N2O3S-. The zero-order chi connectivity index (χ0) is 6.91. The second kappa shape index (κ2) is 1.82. The molecule has 0 aliphatic rings. The predicted octanol–water partition coefficient (Wildman–Crippen LogP) is -0.809. The molecule has 0 aliphatic heterocycles. The highest BCUT2D eigenvalue weighted by atomic mass is 32.2. The van der Waals surface area contributed by atoms with E-state index in [2.05, 4.69) is 4.98 Å². The van der Waals surface area contributed by atoms with Gasteiger partial charge in [0.15, 0.2) is 10.3 Å². The lowest BCUT2D eigenvalue weighted by Gasteiger charge is -2.04. The van der Waals surface area contributed by atoms with E-state index in [9.17, 15) is 13.0 Å². The van der Waals surface area contributed by atoms with Crippen LogP contribution in [0.3, 0.4) is 0 Å². The first-order valence-corrected chi connectivity index (χ1v) is 3.41. The molecule has 50 valence electrons. The first-order valence-electron chi connectivity index (χ1n) is 2.05. The summed E-state index contributed by atoms with van der Waals surface area (Å²) < 4.78 is 30.7. The van der Waals surface area contributed by atoms with Gasteiger partial charge in [0, 0.05) is 12.4 Å². The predicted molar refractivity (Wildman–Crippen MR) is 27.3 cm³/mol. The van der Waals surface area contributed by atoms with E-state index >= 15 is 0 Å². The Balaban J connectivity index is 3.20. The van der Waals surface area contributed by atoms with E-state index in [1.54, 1.807) is 0 Å². The summed E-state index contributed by atoms with van der Waals surface area (Å²) in [5, 5.41) is 0. The van der Waals surface area contributed by atoms with Crippen LogP contribution in [0.15, 0.2) is 18.7 Å². The third-order valence-corrected chi connectivity index (χ3v) is 1.47. The van der Waals surface area contributed by atoms with E-state index in [1.807, 2.05) is 0 Å². The number of nitrogens with zero attached hydrogens (tertiary/aromatic N) is 2. The molecule has 0 bridgehead atoms. The van der Waals surface area contributed by atoms with Crippen molar-refractivity contribution in [2.45, 2.75) is 0 Å². The summed E-state index contributed by atoms with van der Waals surface area (Å²) in [4.78, 5) is 3.37. The molecule has 0 saturated heterocycles. The van der Waals surface area contributed by atoms with Crippen molar-refractivity contribution >= 4 is 10.3 Å². The molecule has 0 aliphatic carbocycles. The average molecular weight is 147 g/mol. The number of hydrogen-bond donors (Lipinski definition) is 0. The topological polar surface area (TPSA) is 75.0 Å². The minimum absolute atomic E-state index is 0.493. The molecule has 5 nitrogen and oxygen atoms in total. The Kier molecular flexibility index (Phi) is 1.26. The van der Waals surface area contributed by atoms with Crippen LogP contribution in [0, 0.1) is 0 Å². The molecule has 0 fully saturated rings. The normalized spacial score (nSPS) is 11.7. The summed E-state index contributed by atoms with van der Waals surface area (Å²) in [7, 11) is -4.36.